The first-order chi connectivity index (χ1) is 17.8. The summed E-state index contributed by atoms with van der Waals surface area (Å²) in [5.74, 6) is -5.42. The van der Waals surface area contributed by atoms with Crippen molar-refractivity contribution in [3.8, 4) is 0 Å². The second-order valence-electron chi connectivity index (χ2n) is 9.03. The number of nitrogens with zero attached hydrogens (tertiary/aromatic N) is 1. The summed E-state index contributed by atoms with van der Waals surface area (Å²) in [5, 5.41) is 25.9. The number of carbonyl (C=O) groups excluding carboxylic acids is 3. The van der Waals surface area contributed by atoms with Crippen LogP contribution in [-0.2, 0) is 30.4 Å². The molecule has 11 N–H and O–H groups in total. The Bertz CT molecular complexity index is 997. The van der Waals surface area contributed by atoms with Crippen LogP contribution in [0.5, 0.6) is 0 Å². The van der Waals surface area contributed by atoms with Crippen molar-refractivity contribution in [2.24, 2.45) is 28.1 Å². The van der Waals surface area contributed by atoms with Gasteiger partial charge in [-0.1, -0.05) is 44.2 Å². The van der Waals surface area contributed by atoms with Gasteiger partial charge in [-0.3, -0.25) is 24.2 Å². The van der Waals surface area contributed by atoms with Crippen molar-refractivity contribution in [2.45, 2.75) is 63.7 Å². The van der Waals surface area contributed by atoms with E-state index < -0.39 is 66.2 Å². The van der Waals surface area contributed by atoms with Gasteiger partial charge in [-0.15, -0.1) is 0 Å². The van der Waals surface area contributed by atoms with E-state index in [2.05, 4.69) is 20.9 Å². The van der Waals surface area contributed by atoms with Crippen molar-refractivity contribution in [3.63, 3.8) is 0 Å². The molecule has 0 aliphatic carbocycles. The van der Waals surface area contributed by atoms with Crippen LogP contribution in [0.1, 0.15) is 38.7 Å². The molecule has 1 rings (SSSR count). The van der Waals surface area contributed by atoms with Crippen LogP contribution in [0.2, 0.25) is 0 Å². The Balaban J connectivity index is 3.06. The molecule has 0 aliphatic heterocycles. The number of carbonyl (C=O) groups is 5. The van der Waals surface area contributed by atoms with Crippen molar-refractivity contribution >= 4 is 35.6 Å². The molecule has 0 heterocycles. The summed E-state index contributed by atoms with van der Waals surface area (Å²) in [7, 11) is 0. The number of carboxylic acid groups (broad SMARTS) is 2. The molecule has 210 valence electrons. The summed E-state index contributed by atoms with van der Waals surface area (Å²) in [6.45, 7) is 3.47. The minimum atomic E-state index is -1.37. The lowest BCUT2D eigenvalue weighted by atomic mass is 10.00. The van der Waals surface area contributed by atoms with E-state index in [-0.39, 0.29) is 31.8 Å². The molecule has 38 heavy (non-hydrogen) atoms. The van der Waals surface area contributed by atoms with Crippen molar-refractivity contribution in [2.75, 3.05) is 6.54 Å². The van der Waals surface area contributed by atoms with Crippen LogP contribution < -0.4 is 33.2 Å². The molecule has 0 aliphatic rings. The zero-order valence-corrected chi connectivity index (χ0v) is 21.4. The lowest BCUT2D eigenvalue weighted by Gasteiger charge is -2.27. The zero-order valence-electron chi connectivity index (χ0n) is 21.4. The van der Waals surface area contributed by atoms with E-state index in [1.54, 1.807) is 44.2 Å². The minimum absolute atomic E-state index is 0.0377. The second-order valence-corrected chi connectivity index (χ2v) is 9.03. The third kappa shape index (κ3) is 11.7. The van der Waals surface area contributed by atoms with Crippen molar-refractivity contribution < 1.29 is 34.2 Å². The summed E-state index contributed by atoms with van der Waals surface area (Å²) in [6.07, 6.45) is -0.272. The minimum Gasteiger partial charge on any atom is -0.481 e. The Kier molecular flexibility index (Phi) is 13.2. The van der Waals surface area contributed by atoms with Gasteiger partial charge in [-0.2, -0.15) is 0 Å². The fourth-order valence-corrected chi connectivity index (χ4v) is 3.43. The van der Waals surface area contributed by atoms with Gasteiger partial charge in [0.05, 0.1) is 12.5 Å². The van der Waals surface area contributed by atoms with Crippen molar-refractivity contribution in [1.82, 2.24) is 16.0 Å². The maximum Gasteiger partial charge on any atom is 0.326 e. The smallest absolute Gasteiger partial charge is 0.326 e. The summed E-state index contributed by atoms with van der Waals surface area (Å²) in [5.41, 5.74) is 16.8. The maximum absolute atomic E-state index is 13.2. The highest BCUT2D eigenvalue weighted by Gasteiger charge is 2.32. The Morgan fingerprint density at radius 1 is 0.895 bits per heavy atom. The van der Waals surface area contributed by atoms with Crippen LogP contribution in [0.25, 0.3) is 0 Å². The molecule has 0 bridgehead atoms. The van der Waals surface area contributed by atoms with E-state index in [0.29, 0.717) is 5.56 Å². The average Bonchev–Trinajstić information content (AvgIpc) is 2.83. The zero-order chi connectivity index (χ0) is 28.8. The van der Waals surface area contributed by atoms with Crippen LogP contribution in [0.15, 0.2) is 35.3 Å². The Hall–Kier alpha value is -4.20. The van der Waals surface area contributed by atoms with E-state index in [9.17, 15) is 29.1 Å². The van der Waals surface area contributed by atoms with E-state index in [4.69, 9.17) is 22.3 Å². The lowest BCUT2D eigenvalue weighted by Crippen LogP contribution is -2.59. The first-order valence-electron chi connectivity index (χ1n) is 12.0. The first kappa shape index (κ1) is 31.8. The van der Waals surface area contributed by atoms with Gasteiger partial charge < -0.3 is 43.4 Å². The van der Waals surface area contributed by atoms with Gasteiger partial charge in [0, 0.05) is 13.0 Å². The number of rotatable bonds is 16. The molecule has 4 unspecified atom stereocenters. The maximum atomic E-state index is 13.2. The van der Waals surface area contributed by atoms with Crippen LogP contribution in [0.4, 0.5) is 0 Å². The first-order valence-corrected chi connectivity index (χ1v) is 12.0. The molecular formula is C24H37N7O7. The Morgan fingerprint density at radius 2 is 1.50 bits per heavy atom. The van der Waals surface area contributed by atoms with Gasteiger partial charge in [0.15, 0.2) is 5.96 Å². The van der Waals surface area contributed by atoms with E-state index >= 15 is 0 Å². The highest BCUT2D eigenvalue weighted by Crippen LogP contribution is 2.09. The number of hydrogen-bond donors (Lipinski definition) is 8. The van der Waals surface area contributed by atoms with Crippen LogP contribution in [0.3, 0.4) is 0 Å². The second kappa shape index (κ2) is 15.8. The Labute approximate surface area is 220 Å². The molecule has 0 spiro atoms. The standard InChI is InChI=1S/C24H37N7O7/c1-13(2)19(31-20(34)15(25)12-18(32)33)22(36)30-17(11-14-7-4-3-5-8-14)21(35)29-16(23(37)38)9-6-10-28-24(26)27/h3-5,7-8,13,15-17,19H,6,9-12,25H2,1-2H3,(H,29,35)(H,30,36)(H,31,34)(H,32,33)(H,37,38)(H4,26,27,28). The number of hydrogen-bond acceptors (Lipinski definition) is 7. The number of guanidine groups is 1. The number of amides is 3. The van der Waals surface area contributed by atoms with E-state index in [1.807, 2.05) is 0 Å². The lowest BCUT2D eigenvalue weighted by molar-refractivity contribution is -0.142. The van der Waals surface area contributed by atoms with Gasteiger partial charge in [0.1, 0.15) is 18.1 Å². The quantitative estimate of drug-likeness (QED) is 0.0675. The van der Waals surface area contributed by atoms with E-state index in [0.717, 1.165) is 0 Å². The Morgan fingerprint density at radius 3 is 2.03 bits per heavy atom. The summed E-state index contributed by atoms with van der Waals surface area (Å²) in [4.78, 5) is 65.0. The SMILES string of the molecule is CC(C)C(NC(=O)C(N)CC(=O)O)C(=O)NC(Cc1ccccc1)C(=O)NC(CCCN=C(N)N)C(=O)O. The van der Waals surface area contributed by atoms with Crippen LogP contribution in [-0.4, -0.2) is 76.5 Å². The van der Waals surface area contributed by atoms with Crippen LogP contribution in [0, 0.1) is 5.92 Å². The van der Waals surface area contributed by atoms with Gasteiger partial charge in [-0.25, -0.2) is 4.79 Å². The van der Waals surface area contributed by atoms with Gasteiger partial charge in [0.25, 0.3) is 0 Å². The molecule has 3 amide bonds. The third-order valence-corrected chi connectivity index (χ3v) is 5.45. The number of carboxylic acids is 2. The van der Waals surface area contributed by atoms with E-state index in [1.165, 1.54) is 0 Å². The van der Waals surface area contributed by atoms with Crippen LogP contribution >= 0.6 is 0 Å². The summed E-state index contributed by atoms with van der Waals surface area (Å²) >= 11 is 0. The molecule has 14 nitrogen and oxygen atoms in total. The molecule has 0 aromatic heterocycles. The fraction of sp³-hybridized carbons (Fsp3) is 0.500. The number of nitrogens with one attached hydrogen (secondary N) is 3. The molecule has 1 aromatic rings. The molecule has 14 heteroatoms. The predicted molar refractivity (Wildman–Crippen MR) is 139 cm³/mol. The number of nitrogens with two attached hydrogens (primary N) is 3. The van der Waals surface area contributed by atoms with Crippen molar-refractivity contribution in [1.29, 1.82) is 0 Å². The summed E-state index contributed by atoms with van der Waals surface area (Å²) in [6, 6.07) is 3.79. The fourth-order valence-electron chi connectivity index (χ4n) is 3.43. The highest BCUT2D eigenvalue weighted by atomic mass is 16.4. The normalized spacial score (nSPS) is 13.9. The number of aliphatic carboxylic acids is 2. The molecule has 4 atom stereocenters. The number of benzene rings is 1. The molecular weight excluding hydrogens is 498 g/mol. The molecule has 0 saturated heterocycles. The molecule has 0 fully saturated rings. The van der Waals surface area contributed by atoms with Gasteiger partial charge in [0.2, 0.25) is 17.7 Å². The molecule has 0 radical (unpaired) electrons. The highest BCUT2D eigenvalue weighted by molar-refractivity contribution is 5.95. The largest absolute Gasteiger partial charge is 0.481 e. The molecule has 1 aromatic carbocycles. The topological polar surface area (TPSA) is 252 Å². The molecule has 0 saturated carbocycles. The van der Waals surface area contributed by atoms with Gasteiger partial charge >= 0.3 is 11.9 Å². The third-order valence-electron chi connectivity index (χ3n) is 5.45. The average molecular weight is 536 g/mol. The predicted octanol–water partition coefficient (Wildman–Crippen LogP) is -1.72. The van der Waals surface area contributed by atoms with Crippen molar-refractivity contribution in [3.05, 3.63) is 35.9 Å². The number of aliphatic imine (C=N–C) groups is 1. The summed E-state index contributed by atoms with van der Waals surface area (Å²) < 4.78 is 0. The van der Waals surface area contributed by atoms with Gasteiger partial charge in [-0.05, 0) is 24.3 Å². The monoisotopic (exact) mass is 535 g/mol.